The maximum atomic E-state index is 13.3. The zero-order chi connectivity index (χ0) is 27.7. The first-order valence-electron chi connectivity index (χ1n) is 13.4. The standard InChI is InChI=1S/C29H35FN8O/c1-17-10-23(12-24-11-18(2)36-37-24)35-27(33-17)25-8-6-20(13-29(25,4)5)28(39)34-19(3)21-7-9-26(31-14-21)38-16-22(30)15-32-38/h7,9-11,14-16,19-20,25H,6,8,12-13H2,1-5H3,(H,34,39)(H,36,37)/t19-,20+,25-/m0/s1. The first kappa shape index (κ1) is 26.6. The van der Waals surface area contributed by atoms with Gasteiger partial charge in [-0.15, -0.1) is 0 Å². The van der Waals surface area contributed by atoms with Crippen molar-refractivity contribution in [2.24, 2.45) is 11.3 Å². The molecule has 2 N–H and O–H groups in total. The maximum Gasteiger partial charge on any atom is 0.223 e. The molecule has 5 rings (SSSR count). The van der Waals surface area contributed by atoms with Crippen LogP contribution in [0.2, 0.25) is 0 Å². The molecule has 4 aromatic heterocycles. The molecule has 10 heteroatoms. The molecule has 204 valence electrons. The van der Waals surface area contributed by atoms with E-state index in [-0.39, 0.29) is 29.2 Å². The fourth-order valence-corrected chi connectivity index (χ4v) is 5.63. The molecule has 0 radical (unpaired) electrons. The highest BCUT2D eigenvalue weighted by molar-refractivity contribution is 5.79. The molecule has 4 aromatic rings. The van der Waals surface area contributed by atoms with E-state index in [1.54, 1.807) is 12.3 Å². The molecule has 39 heavy (non-hydrogen) atoms. The monoisotopic (exact) mass is 530 g/mol. The summed E-state index contributed by atoms with van der Waals surface area (Å²) in [6.45, 7) is 10.4. The van der Waals surface area contributed by atoms with Crippen LogP contribution in [0.5, 0.6) is 0 Å². The fourth-order valence-electron chi connectivity index (χ4n) is 5.63. The number of H-pyrrole nitrogens is 1. The molecule has 0 aliphatic heterocycles. The Labute approximate surface area is 227 Å². The molecule has 0 spiro atoms. The van der Waals surface area contributed by atoms with E-state index >= 15 is 0 Å². The van der Waals surface area contributed by atoms with Crippen LogP contribution in [0.3, 0.4) is 0 Å². The van der Waals surface area contributed by atoms with Crippen molar-refractivity contribution in [3.8, 4) is 5.82 Å². The van der Waals surface area contributed by atoms with Gasteiger partial charge in [-0.1, -0.05) is 19.9 Å². The van der Waals surface area contributed by atoms with Crippen molar-refractivity contribution < 1.29 is 9.18 Å². The Balaban J connectivity index is 1.23. The molecule has 1 aliphatic carbocycles. The summed E-state index contributed by atoms with van der Waals surface area (Å²) in [5.74, 6) is 1.08. The Bertz CT molecular complexity index is 1460. The number of carbonyl (C=O) groups is 1. The number of aromatic amines is 1. The van der Waals surface area contributed by atoms with E-state index in [1.807, 2.05) is 39.0 Å². The van der Waals surface area contributed by atoms with Gasteiger partial charge < -0.3 is 5.32 Å². The average Bonchev–Trinajstić information content (AvgIpc) is 3.50. The van der Waals surface area contributed by atoms with Gasteiger partial charge in [0.25, 0.3) is 0 Å². The molecule has 0 bridgehead atoms. The first-order valence-corrected chi connectivity index (χ1v) is 13.4. The minimum Gasteiger partial charge on any atom is -0.349 e. The first-order chi connectivity index (χ1) is 18.6. The molecule has 4 heterocycles. The van der Waals surface area contributed by atoms with Gasteiger partial charge in [0.15, 0.2) is 11.6 Å². The lowest BCUT2D eigenvalue weighted by Crippen LogP contribution is -2.40. The molecule has 1 saturated carbocycles. The minimum atomic E-state index is -0.419. The molecule has 1 amide bonds. The quantitative estimate of drug-likeness (QED) is 0.351. The SMILES string of the molecule is Cc1cc(Cc2cc(C)[nH]n2)nc([C@@H]2CC[C@@H](C(=O)N[C@@H](C)c3ccc(-n4cc(F)cn4)nc3)CC2(C)C)n1. The van der Waals surface area contributed by atoms with Crippen LogP contribution in [0.1, 0.15) is 86.2 Å². The van der Waals surface area contributed by atoms with Gasteiger partial charge in [0.05, 0.1) is 29.8 Å². The lowest BCUT2D eigenvalue weighted by atomic mass is 9.64. The van der Waals surface area contributed by atoms with Gasteiger partial charge >= 0.3 is 0 Å². The fraction of sp³-hybridized carbons (Fsp3) is 0.448. The minimum absolute atomic E-state index is 0.0481. The van der Waals surface area contributed by atoms with Gasteiger partial charge in [-0.25, -0.2) is 24.0 Å². The van der Waals surface area contributed by atoms with Gasteiger partial charge in [0, 0.05) is 35.8 Å². The third-order valence-electron chi connectivity index (χ3n) is 7.66. The summed E-state index contributed by atoms with van der Waals surface area (Å²) in [5, 5.41) is 14.5. The number of amides is 1. The third kappa shape index (κ3) is 6.05. The number of hydrogen-bond donors (Lipinski definition) is 2. The van der Waals surface area contributed by atoms with Crippen molar-refractivity contribution in [1.29, 1.82) is 0 Å². The molecule has 1 aliphatic rings. The molecule has 0 aromatic carbocycles. The topological polar surface area (TPSA) is 114 Å². The maximum absolute atomic E-state index is 13.3. The Hall–Kier alpha value is -3.95. The van der Waals surface area contributed by atoms with E-state index in [1.165, 1.54) is 10.9 Å². The molecule has 1 fully saturated rings. The van der Waals surface area contributed by atoms with Gasteiger partial charge in [0.2, 0.25) is 5.91 Å². The second kappa shape index (κ2) is 10.7. The Morgan fingerprint density at radius 2 is 2.00 bits per heavy atom. The van der Waals surface area contributed by atoms with Crippen LogP contribution < -0.4 is 5.32 Å². The second-order valence-corrected chi connectivity index (χ2v) is 11.4. The normalized spacial score (nSPS) is 19.5. The number of nitrogens with one attached hydrogen (secondary N) is 2. The van der Waals surface area contributed by atoms with Gasteiger partial charge in [-0.3, -0.25) is 9.89 Å². The summed E-state index contributed by atoms with van der Waals surface area (Å²) in [4.78, 5) is 27.4. The number of pyridine rings is 1. The van der Waals surface area contributed by atoms with Crippen molar-refractivity contribution >= 4 is 5.91 Å². The van der Waals surface area contributed by atoms with Crippen LogP contribution in [0.15, 0.2) is 42.9 Å². The Morgan fingerprint density at radius 3 is 2.64 bits per heavy atom. The summed E-state index contributed by atoms with van der Waals surface area (Å²) in [6.07, 6.45) is 7.14. The molecule has 9 nitrogen and oxygen atoms in total. The summed E-state index contributed by atoms with van der Waals surface area (Å²) >= 11 is 0. The highest BCUT2D eigenvalue weighted by Gasteiger charge is 2.41. The van der Waals surface area contributed by atoms with Crippen molar-refractivity contribution in [2.45, 2.75) is 72.3 Å². The number of aryl methyl sites for hydroxylation is 2. The van der Waals surface area contributed by atoms with E-state index in [0.717, 1.165) is 59.6 Å². The van der Waals surface area contributed by atoms with Crippen LogP contribution in [0, 0.1) is 31.0 Å². The lowest BCUT2D eigenvalue weighted by molar-refractivity contribution is -0.128. The number of rotatable bonds is 7. The highest BCUT2D eigenvalue weighted by atomic mass is 19.1. The summed E-state index contributed by atoms with van der Waals surface area (Å²) in [7, 11) is 0. The van der Waals surface area contributed by atoms with Crippen LogP contribution >= 0.6 is 0 Å². The second-order valence-electron chi connectivity index (χ2n) is 11.4. The van der Waals surface area contributed by atoms with Crippen molar-refractivity contribution in [3.05, 3.63) is 82.8 Å². The van der Waals surface area contributed by atoms with Gasteiger partial charge in [0.1, 0.15) is 5.82 Å². The van der Waals surface area contributed by atoms with Crippen molar-refractivity contribution in [3.63, 3.8) is 0 Å². The lowest BCUT2D eigenvalue weighted by Gasteiger charge is -2.41. The van der Waals surface area contributed by atoms with E-state index in [4.69, 9.17) is 9.97 Å². The highest BCUT2D eigenvalue weighted by Crippen LogP contribution is 2.48. The predicted octanol–water partition coefficient (Wildman–Crippen LogP) is 4.91. The predicted molar refractivity (Wildman–Crippen MR) is 145 cm³/mol. The van der Waals surface area contributed by atoms with E-state index in [9.17, 15) is 9.18 Å². The smallest absolute Gasteiger partial charge is 0.223 e. The largest absolute Gasteiger partial charge is 0.349 e. The number of hydrogen-bond acceptors (Lipinski definition) is 6. The van der Waals surface area contributed by atoms with E-state index in [2.05, 4.69) is 39.4 Å². The van der Waals surface area contributed by atoms with Crippen LogP contribution in [0.25, 0.3) is 5.82 Å². The zero-order valence-corrected chi connectivity index (χ0v) is 23.1. The number of carbonyl (C=O) groups excluding carboxylic acids is 1. The van der Waals surface area contributed by atoms with Crippen molar-refractivity contribution in [1.82, 2.24) is 40.2 Å². The van der Waals surface area contributed by atoms with E-state index < -0.39 is 5.82 Å². The Morgan fingerprint density at radius 1 is 1.18 bits per heavy atom. The van der Waals surface area contributed by atoms with Crippen LogP contribution in [0.4, 0.5) is 4.39 Å². The van der Waals surface area contributed by atoms with E-state index in [0.29, 0.717) is 12.2 Å². The summed E-state index contributed by atoms with van der Waals surface area (Å²) in [5.41, 5.74) is 4.64. The third-order valence-corrected chi connectivity index (χ3v) is 7.66. The number of nitrogens with zero attached hydrogens (tertiary/aromatic N) is 6. The summed E-state index contributed by atoms with van der Waals surface area (Å²) in [6, 6.07) is 7.50. The van der Waals surface area contributed by atoms with Gasteiger partial charge in [-0.05, 0) is 69.2 Å². The van der Waals surface area contributed by atoms with Crippen molar-refractivity contribution in [2.75, 3.05) is 0 Å². The van der Waals surface area contributed by atoms with Crippen LogP contribution in [-0.2, 0) is 11.2 Å². The Kier molecular flexibility index (Phi) is 7.29. The molecule has 3 atom stereocenters. The number of halogens is 1. The molecule has 0 saturated heterocycles. The van der Waals surface area contributed by atoms with Gasteiger partial charge in [-0.2, -0.15) is 10.2 Å². The average molecular weight is 531 g/mol. The summed E-state index contributed by atoms with van der Waals surface area (Å²) < 4.78 is 14.6. The molecular weight excluding hydrogens is 495 g/mol. The number of aromatic nitrogens is 7. The van der Waals surface area contributed by atoms with Crippen LogP contribution in [-0.4, -0.2) is 40.8 Å². The zero-order valence-electron chi connectivity index (χ0n) is 23.1. The molecule has 0 unspecified atom stereocenters. The molecular formula is C29H35FN8O.